The fourth-order valence-corrected chi connectivity index (χ4v) is 1.84. The van der Waals surface area contributed by atoms with Gasteiger partial charge in [-0.2, -0.15) is 5.10 Å². The number of aryl methyl sites for hydroxylation is 1. The van der Waals surface area contributed by atoms with E-state index in [4.69, 9.17) is 9.15 Å². The third-order valence-electron chi connectivity index (χ3n) is 3.00. The van der Waals surface area contributed by atoms with Gasteiger partial charge >= 0.3 is 0 Å². The molecule has 0 aliphatic heterocycles. The highest BCUT2D eigenvalue weighted by Crippen LogP contribution is 2.23. The monoisotopic (exact) mass is 301 g/mol. The van der Waals surface area contributed by atoms with Gasteiger partial charge in [0.05, 0.1) is 19.0 Å². The lowest BCUT2D eigenvalue weighted by atomic mass is 10.2. The number of ether oxygens (including phenoxy) is 1. The average molecular weight is 301 g/mol. The summed E-state index contributed by atoms with van der Waals surface area (Å²) in [7, 11) is 1.58. The Labute approximate surface area is 129 Å². The van der Waals surface area contributed by atoms with E-state index in [9.17, 15) is 4.79 Å². The maximum atomic E-state index is 12.0. The molecule has 1 atom stereocenters. The van der Waals surface area contributed by atoms with Crippen LogP contribution in [0.3, 0.4) is 0 Å². The van der Waals surface area contributed by atoms with E-state index >= 15 is 0 Å². The van der Waals surface area contributed by atoms with Gasteiger partial charge in [-0.15, -0.1) is 0 Å². The number of amides is 1. The fraction of sp³-hybridized carbons (Fsp3) is 0.250. The molecule has 0 fully saturated rings. The van der Waals surface area contributed by atoms with Crippen LogP contribution in [-0.2, 0) is 4.79 Å². The van der Waals surface area contributed by atoms with E-state index in [-0.39, 0.29) is 5.91 Å². The van der Waals surface area contributed by atoms with Crippen molar-refractivity contribution in [1.82, 2.24) is 5.43 Å². The van der Waals surface area contributed by atoms with Gasteiger partial charge in [0.1, 0.15) is 23.3 Å². The number of furan rings is 1. The van der Waals surface area contributed by atoms with Crippen LogP contribution in [0.4, 0.5) is 5.69 Å². The number of carbonyl (C=O) groups excluding carboxylic acids is 1. The topological polar surface area (TPSA) is 75.9 Å². The predicted molar refractivity (Wildman–Crippen MR) is 85.3 cm³/mol. The van der Waals surface area contributed by atoms with Gasteiger partial charge in [0.25, 0.3) is 5.91 Å². The molecular formula is C16H19N3O3. The first-order valence-corrected chi connectivity index (χ1v) is 6.89. The number of rotatable bonds is 6. The van der Waals surface area contributed by atoms with Crippen LogP contribution in [0.15, 0.2) is 45.9 Å². The van der Waals surface area contributed by atoms with Crippen molar-refractivity contribution in [2.45, 2.75) is 19.9 Å². The van der Waals surface area contributed by atoms with E-state index in [1.165, 1.54) is 6.21 Å². The third kappa shape index (κ3) is 4.12. The van der Waals surface area contributed by atoms with Gasteiger partial charge in [0.2, 0.25) is 0 Å². The zero-order valence-electron chi connectivity index (χ0n) is 12.8. The molecule has 0 spiro atoms. The van der Waals surface area contributed by atoms with Gasteiger partial charge < -0.3 is 14.5 Å². The van der Waals surface area contributed by atoms with Crippen LogP contribution in [0.25, 0.3) is 0 Å². The lowest BCUT2D eigenvalue weighted by Gasteiger charge is -2.15. The lowest BCUT2D eigenvalue weighted by Crippen LogP contribution is -2.35. The molecule has 2 aromatic rings. The van der Waals surface area contributed by atoms with Crippen LogP contribution in [-0.4, -0.2) is 25.3 Å². The van der Waals surface area contributed by atoms with Crippen molar-refractivity contribution in [3.63, 3.8) is 0 Å². The molecule has 116 valence electrons. The van der Waals surface area contributed by atoms with E-state index < -0.39 is 6.04 Å². The highest BCUT2D eigenvalue weighted by Gasteiger charge is 2.13. The maximum absolute atomic E-state index is 12.0. The minimum Gasteiger partial charge on any atom is -0.495 e. The first-order valence-electron chi connectivity index (χ1n) is 6.89. The Balaban J connectivity index is 1.90. The molecule has 0 bridgehead atoms. The summed E-state index contributed by atoms with van der Waals surface area (Å²) >= 11 is 0. The van der Waals surface area contributed by atoms with Crippen molar-refractivity contribution in [2.24, 2.45) is 5.10 Å². The normalized spacial score (nSPS) is 12.1. The molecule has 1 amide bonds. The Morgan fingerprint density at radius 2 is 2.09 bits per heavy atom. The number of nitrogens with one attached hydrogen (secondary N) is 2. The van der Waals surface area contributed by atoms with Crippen LogP contribution < -0.4 is 15.5 Å². The molecule has 1 unspecified atom stereocenters. The SMILES string of the molecule is COc1ccccc1NC(C)C(=O)NN=Cc1ccc(C)o1. The molecular weight excluding hydrogens is 282 g/mol. The number of anilines is 1. The standard InChI is InChI=1S/C16H19N3O3/c1-11-8-9-13(22-11)10-17-19-16(20)12(2)18-14-6-4-5-7-15(14)21-3/h4-10,12,18H,1-3H3,(H,19,20). The van der Waals surface area contributed by atoms with E-state index in [1.807, 2.05) is 37.3 Å². The lowest BCUT2D eigenvalue weighted by molar-refractivity contribution is -0.121. The molecule has 0 radical (unpaired) electrons. The first kappa shape index (κ1) is 15.6. The Hall–Kier alpha value is -2.76. The van der Waals surface area contributed by atoms with Crippen LogP contribution in [0.2, 0.25) is 0 Å². The number of benzene rings is 1. The van der Waals surface area contributed by atoms with Gasteiger partial charge in [-0.25, -0.2) is 5.43 Å². The predicted octanol–water partition coefficient (Wildman–Crippen LogP) is 2.55. The van der Waals surface area contributed by atoms with Crippen molar-refractivity contribution in [1.29, 1.82) is 0 Å². The summed E-state index contributed by atoms with van der Waals surface area (Å²) in [6, 6.07) is 10.5. The molecule has 6 nitrogen and oxygen atoms in total. The largest absolute Gasteiger partial charge is 0.495 e. The van der Waals surface area contributed by atoms with Crippen LogP contribution in [0.1, 0.15) is 18.4 Å². The minimum atomic E-state index is -0.466. The van der Waals surface area contributed by atoms with Crippen molar-refractivity contribution in [3.8, 4) is 5.75 Å². The number of hydrazone groups is 1. The second-order valence-corrected chi connectivity index (χ2v) is 4.75. The van der Waals surface area contributed by atoms with Crippen LogP contribution in [0.5, 0.6) is 5.75 Å². The van der Waals surface area contributed by atoms with Crippen LogP contribution in [0, 0.1) is 6.92 Å². The van der Waals surface area contributed by atoms with Gasteiger partial charge in [-0.3, -0.25) is 4.79 Å². The third-order valence-corrected chi connectivity index (χ3v) is 3.00. The number of carbonyl (C=O) groups is 1. The highest BCUT2D eigenvalue weighted by atomic mass is 16.5. The van der Waals surface area contributed by atoms with E-state index in [0.29, 0.717) is 11.5 Å². The molecule has 0 aliphatic rings. The molecule has 0 saturated carbocycles. The molecule has 2 N–H and O–H groups in total. The summed E-state index contributed by atoms with van der Waals surface area (Å²) in [5.41, 5.74) is 3.21. The van der Waals surface area contributed by atoms with Gasteiger partial charge in [0, 0.05) is 0 Å². The molecule has 6 heteroatoms. The highest BCUT2D eigenvalue weighted by molar-refractivity contribution is 5.86. The molecule has 2 rings (SSSR count). The summed E-state index contributed by atoms with van der Waals surface area (Å²) in [5.74, 6) is 1.80. The first-order chi connectivity index (χ1) is 10.6. The molecule has 1 aromatic carbocycles. The number of methoxy groups -OCH3 is 1. The number of hydrogen-bond donors (Lipinski definition) is 2. The van der Waals surface area contributed by atoms with E-state index in [0.717, 1.165) is 11.4 Å². The molecule has 0 saturated heterocycles. The van der Waals surface area contributed by atoms with Crippen LogP contribution >= 0.6 is 0 Å². The maximum Gasteiger partial charge on any atom is 0.262 e. The molecule has 0 aliphatic carbocycles. The summed E-state index contributed by atoms with van der Waals surface area (Å²) in [5, 5.41) is 6.95. The van der Waals surface area contributed by atoms with Gasteiger partial charge in [-0.05, 0) is 38.1 Å². The van der Waals surface area contributed by atoms with Crippen molar-refractivity contribution in [2.75, 3.05) is 12.4 Å². The summed E-state index contributed by atoms with van der Waals surface area (Å²) in [6.07, 6.45) is 1.46. The molecule has 22 heavy (non-hydrogen) atoms. The van der Waals surface area contributed by atoms with E-state index in [2.05, 4.69) is 15.8 Å². The smallest absolute Gasteiger partial charge is 0.262 e. The van der Waals surface area contributed by atoms with Gasteiger partial charge in [-0.1, -0.05) is 12.1 Å². The Morgan fingerprint density at radius 1 is 1.32 bits per heavy atom. The zero-order chi connectivity index (χ0) is 15.9. The molecule has 1 heterocycles. The fourth-order valence-electron chi connectivity index (χ4n) is 1.84. The van der Waals surface area contributed by atoms with E-state index in [1.54, 1.807) is 20.1 Å². The second-order valence-electron chi connectivity index (χ2n) is 4.75. The van der Waals surface area contributed by atoms with Crippen molar-refractivity contribution < 1.29 is 13.9 Å². The minimum absolute atomic E-state index is 0.259. The summed E-state index contributed by atoms with van der Waals surface area (Å²) < 4.78 is 10.5. The number of nitrogens with zero attached hydrogens (tertiary/aromatic N) is 1. The number of hydrogen-bond acceptors (Lipinski definition) is 5. The Morgan fingerprint density at radius 3 is 2.77 bits per heavy atom. The quantitative estimate of drug-likeness (QED) is 0.635. The molecule has 1 aromatic heterocycles. The average Bonchev–Trinajstić information content (AvgIpc) is 2.93. The second kappa shape index (κ2) is 7.31. The Kier molecular flexibility index (Phi) is 5.19. The van der Waals surface area contributed by atoms with Gasteiger partial charge in [0.15, 0.2) is 0 Å². The van der Waals surface area contributed by atoms with Crippen molar-refractivity contribution in [3.05, 3.63) is 47.9 Å². The Bertz CT molecular complexity index is 664. The van der Waals surface area contributed by atoms with Crippen molar-refractivity contribution >= 4 is 17.8 Å². The zero-order valence-corrected chi connectivity index (χ0v) is 12.8. The summed E-state index contributed by atoms with van der Waals surface area (Å²) in [6.45, 7) is 3.59. The number of para-hydroxylation sites is 2. The summed E-state index contributed by atoms with van der Waals surface area (Å²) in [4.78, 5) is 12.0.